The fourth-order valence-electron chi connectivity index (χ4n) is 2.88. The molecule has 1 aromatic carbocycles. The van der Waals surface area contributed by atoms with Gasteiger partial charge < -0.3 is 10.6 Å². The van der Waals surface area contributed by atoms with Crippen LogP contribution in [-0.2, 0) is 14.6 Å². The number of amides is 2. The highest BCUT2D eigenvalue weighted by molar-refractivity contribution is 7.98. The van der Waals surface area contributed by atoms with Crippen LogP contribution in [0.1, 0.15) is 30.1 Å². The fraction of sp³-hybridized carbons (Fsp3) is 0.529. The largest absolute Gasteiger partial charge is 0.348 e. The molecule has 0 spiro atoms. The highest BCUT2D eigenvalue weighted by Crippen LogP contribution is 2.23. The molecule has 2 amide bonds. The third-order valence-corrected chi connectivity index (χ3v) is 7.16. The van der Waals surface area contributed by atoms with Gasteiger partial charge in [-0.2, -0.15) is 11.8 Å². The van der Waals surface area contributed by atoms with Crippen molar-refractivity contribution in [3.63, 3.8) is 0 Å². The lowest BCUT2D eigenvalue weighted by Gasteiger charge is -2.27. The van der Waals surface area contributed by atoms with E-state index in [9.17, 15) is 18.0 Å². The van der Waals surface area contributed by atoms with E-state index in [0.29, 0.717) is 29.2 Å². The number of hydrogen-bond donors (Lipinski definition) is 2. The van der Waals surface area contributed by atoms with E-state index in [4.69, 9.17) is 11.6 Å². The lowest BCUT2D eigenvalue weighted by molar-refractivity contribution is -0.124. The molecule has 1 aliphatic rings. The standard InChI is InChI=1S/C17H23ClN2O4S2/c1-17(8-10-26(23,24)11-17)20-16(22)14(7-9-25-2)19-15(21)12-5-3-4-6-13(12)18/h3-6,14H,7-11H2,1-2H3,(H,19,21)(H,20,22)/t14-,17-/m1/s1. The second-order valence-corrected chi connectivity index (χ2v) is 10.3. The van der Waals surface area contributed by atoms with Crippen LogP contribution in [-0.4, -0.2) is 55.3 Å². The molecule has 0 aliphatic carbocycles. The van der Waals surface area contributed by atoms with Gasteiger partial charge in [0, 0.05) is 0 Å². The van der Waals surface area contributed by atoms with Crippen LogP contribution in [0.3, 0.4) is 0 Å². The summed E-state index contributed by atoms with van der Waals surface area (Å²) in [6.45, 7) is 1.72. The van der Waals surface area contributed by atoms with Gasteiger partial charge in [0.1, 0.15) is 6.04 Å². The average Bonchev–Trinajstić information content (AvgIpc) is 2.84. The smallest absolute Gasteiger partial charge is 0.253 e. The zero-order valence-electron chi connectivity index (χ0n) is 14.7. The third-order valence-electron chi connectivity index (χ3n) is 4.28. The number of carbonyl (C=O) groups excluding carboxylic acids is 2. The maximum atomic E-state index is 12.7. The molecule has 0 bridgehead atoms. The van der Waals surface area contributed by atoms with Gasteiger partial charge in [0.05, 0.1) is 27.6 Å². The Morgan fingerprint density at radius 2 is 2.04 bits per heavy atom. The van der Waals surface area contributed by atoms with Gasteiger partial charge in [-0.1, -0.05) is 23.7 Å². The molecule has 1 heterocycles. The van der Waals surface area contributed by atoms with Crippen molar-refractivity contribution < 1.29 is 18.0 Å². The number of rotatable bonds is 7. The molecule has 2 atom stereocenters. The Hall–Kier alpha value is -1.25. The lowest BCUT2D eigenvalue weighted by atomic mass is 10.0. The van der Waals surface area contributed by atoms with Gasteiger partial charge in [0.15, 0.2) is 9.84 Å². The van der Waals surface area contributed by atoms with Crippen molar-refractivity contribution in [2.45, 2.75) is 31.3 Å². The number of benzene rings is 1. The van der Waals surface area contributed by atoms with Crippen LogP contribution in [0.5, 0.6) is 0 Å². The number of nitrogens with one attached hydrogen (secondary N) is 2. The molecular formula is C17H23ClN2O4S2. The molecule has 0 aromatic heterocycles. The van der Waals surface area contributed by atoms with E-state index >= 15 is 0 Å². The lowest BCUT2D eigenvalue weighted by Crippen LogP contribution is -2.55. The Labute approximate surface area is 163 Å². The minimum Gasteiger partial charge on any atom is -0.348 e. The Morgan fingerprint density at radius 1 is 1.35 bits per heavy atom. The first-order valence-corrected chi connectivity index (χ1v) is 11.8. The van der Waals surface area contributed by atoms with Gasteiger partial charge in [0.2, 0.25) is 5.91 Å². The molecule has 1 aromatic rings. The highest BCUT2D eigenvalue weighted by Gasteiger charge is 2.40. The second kappa shape index (κ2) is 8.63. The van der Waals surface area contributed by atoms with E-state index in [0.717, 1.165) is 0 Å². The molecule has 6 nitrogen and oxygen atoms in total. The maximum absolute atomic E-state index is 12.7. The Morgan fingerprint density at radius 3 is 2.62 bits per heavy atom. The monoisotopic (exact) mass is 418 g/mol. The van der Waals surface area contributed by atoms with Crippen LogP contribution in [0.15, 0.2) is 24.3 Å². The number of carbonyl (C=O) groups is 2. The number of sulfone groups is 1. The maximum Gasteiger partial charge on any atom is 0.253 e. The van der Waals surface area contributed by atoms with E-state index in [1.165, 1.54) is 0 Å². The first kappa shape index (κ1) is 21.1. The van der Waals surface area contributed by atoms with Crippen molar-refractivity contribution in [1.29, 1.82) is 0 Å². The average molecular weight is 419 g/mol. The minimum absolute atomic E-state index is 0.0608. The minimum atomic E-state index is -3.14. The van der Waals surface area contributed by atoms with Crippen LogP contribution >= 0.6 is 23.4 Å². The summed E-state index contributed by atoms with van der Waals surface area (Å²) in [5.41, 5.74) is -0.506. The summed E-state index contributed by atoms with van der Waals surface area (Å²) in [6, 6.07) is 5.86. The van der Waals surface area contributed by atoms with Crippen molar-refractivity contribution in [3.8, 4) is 0 Å². The topological polar surface area (TPSA) is 92.3 Å². The van der Waals surface area contributed by atoms with Crippen LogP contribution in [0.25, 0.3) is 0 Å². The summed E-state index contributed by atoms with van der Waals surface area (Å²) in [7, 11) is -3.14. The van der Waals surface area contributed by atoms with Crippen LogP contribution < -0.4 is 10.6 Å². The SMILES string of the molecule is CSCC[C@@H](NC(=O)c1ccccc1Cl)C(=O)N[C@]1(C)CCS(=O)(=O)C1. The molecule has 2 N–H and O–H groups in total. The van der Waals surface area contributed by atoms with Gasteiger partial charge in [0.25, 0.3) is 5.91 Å². The molecule has 1 saturated heterocycles. The summed E-state index contributed by atoms with van der Waals surface area (Å²) in [4.78, 5) is 25.2. The quantitative estimate of drug-likeness (QED) is 0.705. The van der Waals surface area contributed by atoms with Gasteiger partial charge in [-0.3, -0.25) is 9.59 Å². The van der Waals surface area contributed by atoms with Crippen LogP contribution in [0.4, 0.5) is 0 Å². The summed E-state index contributed by atoms with van der Waals surface area (Å²) in [5.74, 6) is -0.152. The molecular weight excluding hydrogens is 396 g/mol. The number of halogens is 1. The normalized spacial score (nSPS) is 22.6. The van der Waals surface area contributed by atoms with Gasteiger partial charge in [-0.25, -0.2) is 8.42 Å². The molecule has 1 fully saturated rings. The molecule has 0 unspecified atom stereocenters. The van der Waals surface area contributed by atoms with Crippen molar-refractivity contribution in [2.24, 2.45) is 0 Å². The van der Waals surface area contributed by atoms with Gasteiger partial charge in [-0.05, 0) is 43.9 Å². The highest BCUT2D eigenvalue weighted by atomic mass is 35.5. The summed E-state index contributed by atoms with van der Waals surface area (Å²) in [5, 5.41) is 5.85. The van der Waals surface area contributed by atoms with Crippen LogP contribution in [0, 0.1) is 0 Å². The summed E-state index contributed by atoms with van der Waals surface area (Å²) >= 11 is 7.61. The predicted molar refractivity (Wildman–Crippen MR) is 106 cm³/mol. The van der Waals surface area contributed by atoms with Gasteiger partial charge in [-0.15, -0.1) is 0 Å². The van der Waals surface area contributed by atoms with Crippen LogP contribution in [0.2, 0.25) is 5.02 Å². The van der Waals surface area contributed by atoms with Crippen molar-refractivity contribution in [1.82, 2.24) is 10.6 Å². The molecule has 144 valence electrons. The van der Waals surface area contributed by atoms with E-state index in [-0.39, 0.29) is 17.4 Å². The van der Waals surface area contributed by atoms with E-state index in [1.54, 1.807) is 43.0 Å². The van der Waals surface area contributed by atoms with Crippen molar-refractivity contribution in [3.05, 3.63) is 34.9 Å². The molecule has 1 aliphatic heterocycles. The molecule has 0 saturated carbocycles. The summed E-state index contributed by atoms with van der Waals surface area (Å²) < 4.78 is 23.5. The fourth-order valence-corrected chi connectivity index (χ4v) is 5.67. The Kier molecular flexibility index (Phi) is 6.99. The number of hydrogen-bond acceptors (Lipinski definition) is 5. The predicted octanol–water partition coefficient (Wildman–Crippen LogP) is 1.88. The number of thioether (sulfide) groups is 1. The zero-order chi connectivity index (χ0) is 19.4. The van der Waals surface area contributed by atoms with E-state index in [1.807, 2.05) is 6.26 Å². The molecule has 2 rings (SSSR count). The first-order chi connectivity index (χ1) is 12.2. The van der Waals surface area contributed by atoms with Crippen molar-refractivity contribution in [2.75, 3.05) is 23.5 Å². The van der Waals surface area contributed by atoms with E-state index in [2.05, 4.69) is 10.6 Å². The van der Waals surface area contributed by atoms with E-state index < -0.39 is 27.3 Å². The zero-order valence-corrected chi connectivity index (χ0v) is 17.1. The molecule has 0 radical (unpaired) electrons. The van der Waals surface area contributed by atoms with Gasteiger partial charge >= 0.3 is 0 Å². The Bertz CT molecular complexity index is 785. The molecule has 26 heavy (non-hydrogen) atoms. The second-order valence-electron chi connectivity index (χ2n) is 6.68. The Balaban J connectivity index is 2.10. The molecule has 9 heteroatoms. The first-order valence-electron chi connectivity index (χ1n) is 8.22. The van der Waals surface area contributed by atoms with Crippen molar-refractivity contribution >= 4 is 45.0 Å². The summed E-state index contributed by atoms with van der Waals surface area (Å²) in [6.07, 6.45) is 2.72. The third kappa shape index (κ3) is 5.62.